The summed E-state index contributed by atoms with van der Waals surface area (Å²) in [6.07, 6.45) is 6.56. The average Bonchev–Trinajstić information content (AvgIpc) is 2.82. The third-order valence-electron chi connectivity index (χ3n) is 6.10. The molecule has 4 heteroatoms. The van der Waals surface area contributed by atoms with Crippen molar-refractivity contribution in [2.75, 3.05) is 10.6 Å². The van der Waals surface area contributed by atoms with Crippen LogP contribution in [0.15, 0.2) is 78.9 Å². The summed E-state index contributed by atoms with van der Waals surface area (Å²) < 4.78 is 0. The Labute approximate surface area is 221 Å². The standard InChI is InChI=1S/C33H38N2O2/c1-23-8-19-28(34-30(36)20-13-24-9-15-26(16-10-24)32(2,3)4)29(22-23)35-31(37)21-14-25-11-17-27(18-12-25)33(5,6)7/h8-22H,1-7H3,(H,34,36)(H,35,37)/b20-13+,21-14+. The van der Waals surface area contributed by atoms with Crippen molar-refractivity contribution in [2.45, 2.75) is 59.3 Å². The average molecular weight is 495 g/mol. The Morgan fingerprint density at radius 2 is 1.00 bits per heavy atom. The molecule has 0 saturated carbocycles. The number of nitrogens with one attached hydrogen (secondary N) is 2. The number of hydrogen-bond acceptors (Lipinski definition) is 2. The molecular weight excluding hydrogens is 456 g/mol. The summed E-state index contributed by atoms with van der Waals surface area (Å²) in [6.45, 7) is 15.0. The molecule has 0 bridgehead atoms. The molecule has 2 amide bonds. The van der Waals surface area contributed by atoms with Crippen LogP contribution in [0.5, 0.6) is 0 Å². The lowest BCUT2D eigenvalue weighted by Crippen LogP contribution is -2.14. The van der Waals surface area contributed by atoms with Crippen LogP contribution in [-0.2, 0) is 20.4 Å². The Morgan fingerprint density at radius 3 is 1.41 bits per heavy atom. The van der Waals surface area contributed by atoms with Crippen LogP contribution >= 0.6 is 0 Å². The summed E-state index contributed by atoms with van der Waals surface area (Å²) in [5, 5.41) is 5.77. The van der Waals surface area contributed by atoms with Gasteiger partial charge in [0, 0.05) is 12.2 Å². The Kier molecular flexibility index (Phi) is 8.54. The van der Waals surface area contributed by atoms with Gasteiger partial charge in [0.1, 0.15) is 0 Å². The zero-order valence-electron chi connectivity index (χ0n) is 23.0. The Balaban J connectivity index is 1.66. The number of carbonyl (C=O) groups excluding carboxylic acids is 2. The molecule has 0 atom stereocenters. The summed E-state index contributed by atoms with van der Waals surface area (Å²) in [7, 11) is 0. The fourth-order valence-electron chi connectivity index (χ4n) is 3.75. The van der Waals surface area contributed by atoms with Gasteiger partial charge in [-0.15, -0.1) is 0 Å². The zero-order valence-corrected chi connectivity index (χ0v) is 23.0. The van der Waals surface area contributed by atoms with E-state index in [4.69, 9.17) is 0 Å². The minimum atomic E-state index is -0.270. The number of hydrogen-bond donors (Lipinski definition) is 2. The SMILES string of the molecule is Cc1ccc(NC(=O)/C=C/c2ccc(C(C)(C)C)cc2)c(NC(=O)/C=C/c2ccc(C(C)(C)C)cc2)c1. The number of carbonyl (C=O) groups is 2. The molecule has 0 aromatic heterocycles. The van der Waals surface area contributed by atoms with Crippen LogP contribution in [0.1, 0.15) is 69.4 Å². The van der Waals surface area contributed by atoms with Gasteiger partial charge < -0.3 is 10.6 Å². The second-order valence-electron chi connectivity index (χ2n) is 11.4. The van der Waals surface area contributed by atoms with E-state index in [1.165, 1.54) is 23.3 Å². The molecule has 0 heterocycles. The first-order valence-electron chi connectivity index (χ1n) is 12.6. The third kappa shape index (κ3) is 8.32. The normalized spacial score (nSPS) is 12.2. The summed E-state index contributed by atoms with van der Waals surface area (Å²) in [5.41, 5.74) is 6.60. The molecule has 37 heavy (non-hydrogen) atoms. The van der Waals surface area contributed by atoms with Gasteiger partial charge in [0.2, 0.25) is 11.8 Å². The van der Waals surface area contributed by atoms with Gasteiger partial charge in [-0.3, -0.25) is 9.59 Å². The van der Waals surface area contributed by atoms with Crippen LogP contribution < -0.4 is 10.6 Å². The second kappa shape index (κ2) is 11.4. The highest BCUT2D eigenvalue weighted by molar-refractivity contribution is 6.08. The van der Waals surface area contributed by atoms with Crippen molar-refractivity contribution in [1.82, 2.24) is 0 Å². The van der Waals surface area contributed by atoms with E-state index in [0.717, 1.165) is 16.7 Å². The molecule has 3 aromatic carbocycles. The quantitative estimate of drug-likeness (QED) is 0.342. The largest absolute Gasteiger partial charge is 0.321 e. The van der Waals surface area contributed by atoms with Crippen LogP contribution in [0.3, 0.4) is 0 Å². The monoisotopic (exact) mass is 494 g/mol. The molecule has 0 saturated heterocycles. The van der Waals surface area contributed by atoms with Crippen molar-refractivity contribution in [3.63, 3.8) is 0 Å². The minimum Gasteiger partial charge on any atom is -0.321 e. The summed E-state index contributed by atoms with van der Waals surface area (Å²) in [4.78, 5) is 25.3. The summed E-state index contributed by atoms with van der Waals surface area (Å²) >= 11 is 0. The van der Waals surface area contributed by atoms with E-state index in [1.54, 1.807) is 18.2 Å². The molecule has 0 aliphatic rings. The predicted molar refractivity (Wildman–Crippen MR) is 157 cm³/mol. The fourth-order valence-corrected chi connectivity index (χ4v) is 3.75. The molecular formula is C33H38N2O2. The molecule has 192 valence electrons. The number of amides is 2. The first kappa shape index (κ1) is 27.7. The van der Waals surface area contributed by atoms with Crippen LogP contribution in [0.2, 0.25) is 0 Å². The Bertz CT molecular complexity index is 1300. The fraction of sp³-hybridized carbons (Fsp3) is 0.273. The highest BCUT2D eigenvalue weighted by Gasteiger charge is 2.13. The molecule has 0 fully saturated rings. The van der Waals surface area contributed by atoms with Gasteiger partial charge in [-0.05, 0) is 69.9 Å². The van der Waals surface area contributed by atoms with Crippen molar-refractivity contribution < 1.29 is 9.59 Å². The predicted octanol–water partition coefficient (Wildman–Crippen LogP) is 7.89. The first-order valence-corrected chi connectivity index (χ1v) is 12.6. The summed E-state index contributed by atoms with van der Waals surface area (Å²) in [6, 6.07) is 21.9. The van der Waals surface area contributed by atoms with Gasteiger partial charge >= 0.3 is 0 Å². The van der Waals surface area contributed by atoms with Gasteiger partial charge in [0.25, 0.3) is 0 Å². The highest BCUT2D eigenvalue weighted by atomic mass is 16.2. The maximum absolute atomic E-state index is 12.6. The Hall–Kier alpha value is -3.92. The smallest absolute Gasteiger partial charge is 0.248 e. The molecule has 0 aliphatic carbocycles. The maximum atomic E-state index is 12.6. The highest BCUT2D eigenvalue weighted by Crippen LogP contribution is 2.25. The topological polar surface area (TPSA) is 58.2 Å². The van der Waals surface area contributed by atoms with Crippen molar-refractivity contribution in [3.05, 3.63) is 107 Å². The van der Waals surface area contributed by atoms with Crippen molar-refractivity contribution >= 4 is 35.3 Å². The van der Waals surface area contributed by atoms with E-state index >= 15 is 0 Å². The van der Waals surface area contributed by atoms with Crippen molar-refractivity contribution in [3.8, 4) is 0 Å². The molecule has 2 N–H and O–H groups in total. The zero-order chi connectivity index (χ0) is 27.2. The van der Waals surface area contributed by atoms with E-state index in [1.807, 2.05) is 43.3 Å². The molecule has 3 aromatic rings. The minimum absolute atomic E-state index is 0.0810. The third-order valence-corrected chi connectivity index (χ3v) is 6.10. The molecule has 3 rings (SSSR count). The van der Waals surface area contributed by atoms with Gasteiger partial charge in [0.15, 0.2) is 0 Å². The van der Waals surface area contributed by atoms with E-state index in [0.29, 0.717) is 11.4 Å². The van der Waals surface area contributed by atoms with Crippen LogP contribution in [0, 0.1) is 6.92 Å². The van der Waals surface area contributed by atoms with E-state index in [2.05, 4.69) is 76.4 Å². The Morgan fingerprint density at radius 1 is 0.595 bits per heavy atom. The second-order valence-corrected chi connectivity index (χ2v) is 11.4. The van der Waals surface area contributed by atoms with Gasteiger partial charge in [0.05, 0.1) is 11.4 Å². The maximum Gasteiger partial charge on any atom is 0.248 e. The van der Waals surface area contributed by atoms with Crippen molar-refractivity contribution in [2.24, 2.45) is 0 Å². The number of benzene rings is 3. The number of rotatable bonds is 6. The lowest BCUT2D eigenvalue weighted by molar-refractivity contribution is -0.112. The van der Waals surface area contributed by atoms with Gasteiger partial charge in [-0.1, -0.05) is 96.1 Å². The van der Waals surface area contributed by atoms with E-state index in [9.17, 15) is 9.59 Å². The number of anilines is 2. The van der Waals surface area contributed by atoms with E-state index in [-0.39, 0.29) is 22.6 Å². The molecule has 0 spiro atoms. The summed E-state index contributed by atoms with van der Waals surface area (Å²) in [5.74, 6) is -0.538. The van der Waals surface area contributed by atoms with Crippen LogP contribution in [-0.4, -0.2) is 11.8 Å². The molecule has 0 unspecified atom stereocenters. The first-order chi connectivity index (χ1) is 17.3. The van der Waals surface area contributed by atoms with Gasteiger partial charge in [-0.25, -0.2) is 0 Å². The van der Waals surface area contributed by atoms with Crippen LogP contribution in [0.4, 0.5) is 11.4 Å². The van der Waals surface area contributed by atoms with E-state index < -0.39 is 0 Å². The van der Waals surface area contributed by atoms with Crippen LogP contribution in [0.25, 0.3) is 12.2 Å². The molecule has 4 nitrogen and oxygen atoms in total. The molecule has 0 aliphatic heterocycles. The lowest BCUT2D eigenvalue weighted by Gasteiger charge is -2.18. The molecule has 0 radical (unpaired) electrons. The van der Waals surface area contributed by atoms with Crippen molar-refractivity contribution in [1.29, 1.82) is 0 Å². The lowest BCUT2D eigenvalue weighted by atomic mass is 9.87. The van der Waals surface area contributed by atoms with Gasteiger partial charge in [-0.2, -0.15) is 0 Å². The number of aryl methyl sites for hydroxylation is 1.